The highest BCUT2D eigenvalue weighted by Crippen LogP contribution is 2.29. The fourth-order valence-corrected chi connectivity index (χ4v) is 2.02. The number of methoxy groups -OCH3 is 1. The first-order valence-electron chi connectivity index (χ1n) is 7.32. The Bertz CT molecular complexity index is 681. The summed E-state index contributed by atoms with van der Waals surface area (Å²) in [4.78, 5) is 18.7. The highest BCUT2D eigenvalue weighted by molar-refractivity contribution is 5.69. The first kappa shape index (κ1) is 17.5. The molecule has 1 aromatic carbocycles. The lowest BCUT2D eigenvalue weighted by molar-refractivity contribution is -0.383. The van der Waals surface area contributed by atoms with Crippen LogP contribution in [0.2, 0.25) is 0 Å². The molecule has 0 saturated heterocycles. The molecule has 0 saturated carbocycles. The average molecular weight is 335 g/mol. The van der Waals surface area contributed by atoms with Crippen LogP contribution in [-0.4, -0.2) is 35.2 Å². The zero-order chi connectivity index (χ0) is 17.4. The van der Waals surface area contributed by atoms with Crippen LogP contribution in [0.25, 0.3) is 0 Å². The Hall–Kier alpha value is -2.81. The Morgan fingerprint density at radius 3 is 2.50 bits per heavy atom. The van der Waals surface area contributed by atoms with Crippen LogP contribution in [0.4, 0.5) is 21.7 Å². The summed E-state index contributed by atoms with van der Waals surface area (Å²) < 4.78 is 17.8. The van der Waals surface area contributed by atoms with Crippen molar-refractivity contribution < 1.29 is 14.1 Å². The summed E-state index contributed by atoms with van der Waals surface area (Å²) >= 11 is 0. The molecular formula is C15H18FN5O3. The molecule has 8 nitrogen and oxygen atoms in total. The topological polar surface area (TPSA) is 102 Å². The van der Waals surface area contributed by atoms with Gasteiger partial charge in [0.1, 0.15) is 12.1 Å². The van der Waals surface area contributed by atoms with Crippen molar-refractivity contribution >= 4 is 17.3 Å². The summed E-state index contributed by atoms with van der Waals surface area (Å²) in [7, 11) is 1.59. The van der Waals surface area contributed by atoms with Crippen LogP contribution in [0, 0.1) is 15.9 Å². The number of hydrogen-bond acceptors (Lipinski definition) is 7. The van der Waals surface area contributed by atoms with Crippen LogP contribution in [0.3, 0.4) is 0 Å². The van der Waals surface area contributed by atoms with E-state index in [4.69, 9.17) is 4.74 Å². The van der Waals surface area contributed by atoms with Crippen molar-refractivity contribution in [3.05, 3.63) is 52.1 Å². The van der Waals surface area contributed by atoms with Gasteiger partial charge < -0.3 is 15.4 Å². The van der Waals surface area contributed by atoms with E-state index in [-0.39, 0.29) is 29.7 Å². The minimum absolute atomic E-state index is 0.105. The number of nitrogens with one attached hydrogen (secondary N) is 2. The minimum atomic E-state index is -0.536. The Labute approximate surface area is 138 Å². The van der Waals surface area contributed by atoms with Gasteiger partial charge in [-0.05, 0) is 24.1 Å². The molecule has 0 atom stereocenters. The summed E-state index contributed by atoms with van der Waals surface area (Å²) in [5.41, 5.74) is 0.552. The highest BCUT2D eigenvalue weighted by atomic mass is 19.1. The molecule has 1 heterocycles. The number of rotatable bonds is 9. The van der Waals surface area contributed by atoms with E-state index >= 15 is 0 Å². The third-order valence-corrected chi connectivity index (χ3v) is 3.20. The highest BCUT2D eigenvalue weighted by Gasteiger charge is 2.22. The standard InChI is InChI=1S/C15H18FN5O3/c1-24-8-2-7-17-14-13(21(22)23)15(20-10-19-14)18-9-11-3-5-12(16)6-4-11/h3-6,10H,2,7-9H2,1H3,(H2,17,18,19,20). The molecule has 0 spiro atoms. The van der Waals surface area contributed by atoms with Crippen molar-refractivity contribution in [3.8, 4) is 0 Å². The van der Waals surface area contributed by atoms with Crippen molar-refractivity contribution in [2.75, 3.05) is 30.9 Å². The second-order valence-electron chi connectivity index (χ2n) is 4.93. The normalized spacial score (nSPS) is 10.4. The van der Waals surface area contributed by atoms with Gasteiger partial charge in [-0.25, -0.2) is 14.4 Å². The Kier molecular flexibility index (Phi) is 6.38. The molecule has 2 N–H and O–H groups in total. The van der Waals surface area contributed by atoms with Gasteiger partial charge in [-0.1, -0.05) is 12.1 Å². The molecule has 1 aromatic heterocycles. The molecule has 0 fully saturated rings. The van der Waals surface area contributed by atoms with Crippen molar-refractivity contribution in [3.63, 3.8) is 0 Å². The summed E-state index contributed by atoms with van der Waals surface area (Å²) in [5.74, 6) is -0.0874. The van der Waals surface area contributed by atoms with Crippen LogP contribution < -0.4 is 10.6 Å². The van der Waals surface area contributed by atoms with Gasteiger partial charge in [0, 0.05) is 26.8 Å². The molecule has 2 rings (SSSR count). The number of hydrogen-bond donors (Lipinski definition) is 2. The second kappa shape index (κ2) is 8.73. The monoisotopic (exact) mass is 335 g/mol. The van der Waals surface area contributed by atoms with Gasteiger partial charge in [-0.2, -0.15) is 0 Å². The van der Waals surface area contributed by atoms with Gasteiger partial charge in [-0.3, -0.25) is 10.1 Å². The number of benzene rings is 1. The molecule has 0 aliphatic carbocycles. The van der Waals surface area contributed by atoms with Gasteiger partial charge in [0.25, 0.3) is 0 Å². The lowest BCUT2D eigenvalue weighted by atomic mass is 10.2. The molecule has 0 amide bonds. The fourth-order valence-electron chi connectivity index (χ4n) is 2.02. The van der Waals surface area contributed by atoms with Crippen molar-refractivity contribution in [1.29, 1.82) is 0 Å². The van der Waals surface area contributed by atoms with Crippen LogP contribution in [0.1, 0.15) is 12.0 Å². The minimum Gasteiger partial charge on any atom is -0.385 e. The van der Waals surface area contributed by atoms with E-state index in [1.54, 1.807) is 19.2 Å². The third kappa shape index (κ3) is 4.85. The molecule has 0 radical (unpaired) electrons. The van der Waals surface area contributed by atoms with E-state index in [1.165, 1.54) is 18.5 Å². The molecule has 24 heavy (non-hydrogen) atoms. The van der Waals surface area contributed by atoms with Gasteiger partial charge >= 0.3 is 5.69 Å². The van der Waals surface area contributed by atoms with E-state index in [1.807, 2.05) is 0 Å². The smallest absolute Gasteiger partial charge is 0.353 e. The van der Waals surface area contributed by atoms with Gasteiger partial charge in [0.05, 0.1) is 4.92 Å². The predicted octanol–water partition coefficient (Wildman–Crippen LogP) is 2.58. The van der Waals surface area contributed by atoms with Gasteiger partial charge in [-0.15, -0.1) is 0 Å². The molecule has 2 aromatic rings. The lowest BCUT2D eigenvalue weighted by Gasteiger charge is -2.10. The number of ether oxygens (including phenoxy) is 1. The van der Waals surface area contributed by atoms with E-state index in [9.17, 15) is 14.5 Å². The SMILES string of the molecule is COCCCNc1ncnc(NCc2ccc(F)cc2)c1[N+](=O)[O-]. The van der Waals surface area contributed by atoms with Crippen LogP contribution >= 0.6 is 0 Å². The molecule has 9 heteroatoms. The summed E-state index contributed by atoms with van der Waals surface area (Å²) in [5, 5.41) is 17.2. The molecule has 0 bridgehead atoms. The number of nitrogens with zero attached hydrogens (tertiary/aromatic N) is 3. The Balaban J connectivity index is 2.10. The molecule has 0 aliphatic rings. The largest absolute Gasteiger partial charge is 0.385 e. The quantitative estimate of drug-likeness (QED) is 0.412. The maximum atomic E-state index is 12.9. The van der Waals surface area contributed by atoms with E-state index in [0.29, 0.717) is 19.6 Å². The maximum Gasteiger partial charge on any atom is 0.353 e. The molecule has 0 unspecified atom stereocenters. The lowest BCUT2D eigenvalue weighted by Crippen LogP contribution is -2.11. The number of halogens is 1. The summed E-state index contributed by atoms with van der Waals surface area (Å²) in [6.45, 7) is 1.31. The van der Waals surface area contributed by atoms with Gasteiger partial charge in [0.15, 0.2) is 0 Å². The summed E-state index contributed by atoms with van der Waals surface area (Å²) in [6, 6.07) is 5.85. The van der Waals surface area contributed by atoms with E-state index in [0.717, 1.165) is 5.56 Å². The van der Waals surface area contributed by atoms with Crippen molar-refractivity contribution in [1.82, 2.24) is 9.97 Å². The first-order valence-corrected chi connectivity index (χ1v) is 7.32. The van der Waals surface area contributed by atoms with E-state index in [2.05, 4.69) is 20.6 Å². The second-order valence-corrected chi connectivity index (χ2v) is 4.93. The predicted molar refractivity (Wildman–Crippen MR) is 87.4 cm³/mol. The van der Waals surface area contributed by atoms with Crippen LogP contribution in [-0.2, 0) is 11.3 Å². The first-order chi connectivity index (χ1) is 11.6. The number of nitro groups is 1. The zero-order valence-electron chi connectivity index (χ0n) is 13.2. The third-order valence-electron chi connectivity index (χ3n) is 3.20. The van der Waals surface area contributed by atoms with Gasteiger partial charge in [0.2, 0.25) is 11.6 Å². The Morgan fingerprint density at radius 1 is 1.21 bits per heavy atom. The number of anilines is 2. The van der Waals surface area contributed by atoms with E-state index < -0.39 is 4.92 Å². The van der Waals surface area contributed by atoms with Crippen LogP contribution in [0.5, 0.6) is 0 Å². The maximum absolute atomic E-state index is 12.9. The van der Waals surface area contributed by atoms with Crippen molar-refractivity contribution in [2.45, 2.75) is 13.0 Å². The fraction of sp³-hybridized carbons (Fsp3) is 0.333. The summed E-state index contributed by atoms with van der Waals surface area (Å²) in [6.07, 6.45) is 1.94. The molecular weight excluding hydrogens is 317 g/mol. The van der Waals surface area contributed by atoms with Crippen molar-refractivity contribution in [2.24, 2.45) is 0 Å². The molecule has 128 valence electrons. The molecule has 0 aliphatic heterocycles. The zero-order valence-corrected chi connectivity index (χ0v) is 13.2. The van der Waals surface area contributed by atoms with Crippen LogP contribution in [0.15, 0.2) is 30.6 Å². The average Bonchev–Trinajstić information content (AvgIpc) is 2.58. The number of aromatic nitrogens is 2. The Morgan fingerprint density at radius 2 is 1.88 bits per heavy atom.